The molecule has 2 nitrogen and oxygen atoms in total. The van der Waals surface area contributed by atoms with Crippen molar-refractivity contribution in [1.29, 1.82) is 0 Å². The molecule has 2 rings (SSSR count). The number of nitrogen functional groups attached to an aromatic ring is 1. The van der Waals surface area contributed by atoms with Gasteiger partial charge in [-0.15, -0.1) is 0 Å². The van der Waals surface area contributed by atoms with Gasteiger partial charge in [0.15, 0.2) is 11.6 Å². The number of anilines is 2. The second-order valence-corrected chi connectivity index (χ2v) is 4.99. The minimum Gasteiger partial charge on any atom is -0.397 e. The average Bonchev–Trinajstić information content (AvgIpc) is 3.06. The third-order valence-corrected chi connectivity index (χ3v) is 3.16. The second-order valence-electron chi connectivity index (χ2n) is 4.99. The fourth-order valence-electron chi connectivity index (χ4n) is 1.99. The molecule has 1 aromatic carbocycles. The molecule has 0 radical (unpaired) electrons. The molecule has 0 aromatic heterocycles. The molecule has 1 fully saturated rings. The van der Waals surface area contributed by atoms with Crippen LogP contribution in [0, 0.1) is 17.6 Å². The Hall–Kier alpha value is -1.32. The molecule has 1 aliphatic carbocycles. The largest absolute Gasteiger partial charge is 0.397 e. The van der Waals surface area contributed by atoms with Crippen molar-refractivity contribution in [2.75, 3.05) is 17.2 Å². The number of halogens is 2. The van der Waals surface area contributed by atoms with Gasteiger partial charge in [0.1, 0.15) is 0 Å². The van der Waals surface area contributed by atoms with Gasteiger partial charge in [0.25, 0.3) is 0 Å². The maximum atomic E-state index is 13.8. The van der Waals surface area contributed by atoms with E-state index in [4.69, 9.17) is 5.73 Å². The number of hydrogen-bond donors (Lipinski definition) is 1. The molecule has 1 aromatic rings. The summed E-state index contributed by atoms with van der Waals surface area (Å²) in [6, 6.07) is 2.61. The lowest BCUT2D eigenvalue weighted by atomic mass is 10.1. The van der Waals surface area contributed by atoms with Gasteiger partial charge in [-0.2, -0.15) is 0 Å². The summed E-state index contributed by atoms with van der Waals surface area (Å²) in [5.74, 6) is -1.07. The van der Waals surface area contributed by atoms with E-state index in [2.05, 4.69) is 0 Å². The lowest BCUT2D eigenvalue weighted by Crippen LogP contribution is -2.34. The van der Waals surface area contributed by atoms with Gasteiger partial charge in [-0.3, -0.25) is 0 Å². The van der Waals surface area contributed by atoms with Crippen molar-refractivity contribution in [3.8, 4) is 0 Å². The first-order valence-corrected chi connectivity index (χ1v) is 6.00. The number of rotatable bonds is 4. The third-order valence-electron chi connectivity index (χ3n) is 3.16. The molecular formula is C13H18F2N2. The summed E-state index contributed by atoms with van der Waals surface area (Å²) in [6.45, 7) is 4.68. The second kappa shape index (κ2) is 4.51. The minimum atomic E-state index is -0.837. The van der Waals surface area contributed by atoms with Crippen LogP contribution in [0.15, 0.2) is 12.1 Å². The Morgan fingerprint density at radius 1 is 1.35 bits per heavy atom. The quantitative estimate of drug-likeness (QED) is 0.819. The van der Waals surface area contributed by atoms with E-state index in [0.717, 1.165) is 12.6 Å². The molecule has 1 aliphatic rings. The van der Waals surface area contributed by atoms with Gasteiger partial charge in [-0.1, -0.05) is 0 Å². The number of nitrogens with two attached hydrogens (primary N) is 1. The van der Waals surface area contributed by atoms with Crippen molar-refractivity contribution in [1.82, 2.24) is 0 Å². The monoisotopic (exact) mass is 240 g/mol. The van der Waals surface area contributed by atoms with Crippen molar-refractivity contribution < 1.29 is 8.78 Å². The Labute approximate surface area is 100 Å². The zero-order valence-electron chi connectivity index (χ0n) is 10.2. The highest BCUT2D eigenvalue weighted by atomic mass is 19.2. The normalized spacial score (nSPS) is 15.4. The van der Waals surface area contributed by atoms with Crippen LogP contribution in [0.4, 0.5) is 20.2 Å². The van der Waals surface area contributed by atoms with E-state index < -0.39 is 11.6 Å². The Kier molecular flexibility index (Phi) is 3.22. The molecule has 0 atom stereocenters. The first-order valence-electron chi connectivity index (χ1n) is 6.00. The molecule has 0 bridgehead atoms. The fourth-order valence-corrected chi connectivity index (χ4v) is 1.99. The predicted octanol–water partition coefficient (Wildman–Crippen LogP) is 3.17. The number of nitrogens with zero attached hydrogens (tertiary/aromatic N) is 1. The third kappa shape index (κ3) is 2.51. The molecule has 0 saturated heterocycles. The predicted molar refractivity (Wildman–Crippen MR) is 66.0 cm³/mol. The van der Waals surface area contributed by atoms with Crippen LogP contribution >= 0.6 is 0 Å². The molecule has 0 heterocycles. The zero-order valence-corrected chi connectivity index (χ0v) is 10.2. The fraction of sp³-hybridized carbons (Fsp3) is 0.538. The van der Waals surface area contributed by atoms with Crippen LogP contribution in [0.1, 0.15) is 26.7 Å². The molecule has 4 heteroatoms. The van der Waals surface area contributed by atoms with Gasteiger partial charge < -0.3 is 10.6 Å². The maximum Gasteiger partial charge on any atom is 0.184 e. The van der Waals surface area contributed by atoms with E-state index in [1.165, 1.54) is 18.9 Å². The SMILES string of the molecule is CC(C)N(CC1CC1)c1c(N)ccc(F)c1F. The average molecular weight is 240 g/mol. The van der Waals surface area contributed by atoms with Crippen LogP contribution in [0.25, 0.3) is 0 Å². The molecular weight excluding hydrogens is 222 g/mol. The van der Waals surface area contributed by atoms with Crippen molar-refractivity contribution in [3.63, 3.8) is 0 Å². The number of hydrogen-bond acceptors (Lipinski definition) is 2. The molecule has 0 unspecified atom stereocenters. The highest BCUT2D eigenvalue weighted by molar-refractivity contribution is 5.68. The summed E-state index contributed by atoms with van der Waals surface area (Å²) in [4.78, 5) is 1.87. The lowest BCUT2D eigenvalue weighted by molar-refractivity contribution is 0.501. The zero-order chi connectivity index (χ0) is 12.6. The first kappa shape index (κ1) is 12.1. The van der Waals surface area contributed by atoms with Crippen molar-refractivity contribution in [2.45, 2.75) is 32.7 Å². The number of benzene rings is 1. The molecule has 17 heavy (non-hydrogen) atoms. The summed E-state index contributed by atoms with van der Waals surface area (Å²) in [5, 5.41) is 0. The minimum absolute atomic E-state index is 0.106. The van der Waals surface area contributed by atoms with Crippen molar-refractivity contribution >= 4 is 11.4 Å². The Morgan fingerprint density at radius 2 is 2.00 bits per heavy atom. The van der Waals surface area contributed by atoms with E-state index in [1.807, 2.05) is 18.7 Å². The van der Waals surface area contributed by atoms with Gasteiger partial charge in [0, 0.05) is 12.6 Å². The van der Waals surface area contributed by atoms with E-state index >= 15 is 0 Å². The molecule has 0 aliphatic heterocycles. The van der Waals surface area contributed by atoms with Gasteiger partial charge in [-0.25, -0.2) is 8.78 Å². The van der Waals surface area contributed by atoms with E-state index in [-0.39, 0.29) is 11.7 Å². The van der Waals surface area contributed by atoms with Crippen molar-refractivity contribution in [3.05, 3.63) is 23.8 Å². The Bertz CT molecular complexity index is 414. The van der Waals surface area contributed by atoms with Crippen LogP contribution < -0.4 is 10.6 Å². The van der Waals surface area contributed by atoms with E-state index in [1.54, 1.807) is 0 Å². The topological polar surface area (TPSA) is 29.3 Å². The standard InChI is InChI=1S/C13H18F2N2/c1-8(2)17(7-9-3-4-9)13-11(16)6-5-10(14)12(13)15/h5-6,8-9H,3-4,7,16H2,1-2H3. The Balaban J connectivity index is 2.36. The lowest BCUT2D eigenvalue weighted by Gasteiger charge is -2.30. The Morgan fingerprint density at radius 3 is 2.53 bits per heavy atom. The van der Waals surface area contributed by atoms with Crippen LogP contribution in [0.5, 0.6) is 0 Å². The summed E-state index contributed by atoms with van der Waals surface area (Å²) in [7, 11) is 0. The summed E-state index contributed by atoms with van der Waals surface area (Å²) in [6.07, 6.45) is 2.33. The van der Waals surface area contributed by atoms with Crippen LogP contribution in [0.2, 0.25) is 0 Å². The van der Waals surface area contributed by atoms with Gasteiger partial charge in [-0.05, 0) is 44.7 Å². The van der Waals surface area contributed by atoms with E-state index in [0.29, 0.717) is 11.6 Å². The molecule has 2 N–H and O–H groups in total. The smallest absolute Gasteiger partial charge is 0.184 e. The molecule has 94 valence electrons. The maximum absolute atomic E-state index is 13.8. The van der Waals surface area contributed by atoms with Crippen LogP contribution in [-0.4, -0.2) is 12.6 Å². The summed E-state index contributed by atoms with van der Waals surface area (Å²) >= 11 is 0. The summed E-state index contributed by atoms with van der Waals surface area (Å²) < 4.78 is 27.1. The van der Waals surface area contributed by atoms with Gasteiger partial charge in [0.2, 0.25) is 0 Å². The van der Waals surface area contributed by atoms with E-state index in [9.17, 15) is 8.78 Å². The molecule has 0 spiro atoms. The molecule has 1 saturated carbocycles. The van der Waals surface area contributed by atoms with Gasteiger partial charge in [0.05, 0.1) is 11.4 Å². The highest BCUT2D eigenvalue weighted by Gasteiger charge is 2.28. The van der Waals surface area contributed by atoms with Gasteiger partial charge >= 0.3 is 0 Å². The highest BCUT2D eigenvalue weighted by Crippen LogP contribution is 2.36. The first-order chi connectivity index (χ1) is 8.00. The van der Waals surface area contributed by atoms with Crippen molar-refractivity contribution in [2.24, 2.45) is 5.92 Å². The molecule has 0 amide bonds. The van der Waals surface area contributed by atoms with Crippen LogP contribution in [-0.2, 0) is 0 Å². The summed E-state index contributed by atoms with van der Waals surface area (Å²) in [5.41, 5.74) is 6.30. The van der Waals surface area contributed by atoms with Crippen LogP contribution in [0.3, 0.4) is 0 Å².